The smallest absolute Gasteiger partial charge is 0.228 e. The molecular weight excluding hydrogens is 284 g/mol. The first-order chi connectivity index (χ1) is 8.15. The number of halogens is 1. The van der Waals surface area contributed by atoms with Gasteiger partial charge in [0.05, 0.1) is 0 Å². The summed E-state index contributed by atoms with van der Waals surface area (Å²) in [7, 11) is 0. The highest BCUT2D eigenvalue weighted by Gasteiger charge is 2.03. The van der Waals surface area contributed by atoms with Gasteiger partial charge in [-0.1, -0.05) is 5.16 Å². The average Bonchev–Trinajstić information content (AvgIpc) is 2.68. The van der Waals surface area contributed by atoms with Crippen LogP contribution < -0.4 is 5.32 Å². The molecule has 0 atom stereocenters. The Labute approximate surface area is 108 Å². The maximum Gasteiger partial charge on any atom is 0.228 e. The zero-order chi connectivity index (χ0) is 12.3. The molecule has 0 aliphatic carbocycles. The maximum atomic E-state index is 5.02. The predicted octanol–water partition coefficient (Wildman–Crippen LogP) is 2.50. The zero-order valence-electron chi connectivity index (χ0n) is 9.70. The molecule has 90 valence electrons. The van der Waals surface area contributed by atoms with Gasteiger partial charge in [-0.3, -0.25) is 0 Å². The molecule has 0 bridgehead atoms. The summed E-state index contributed by atoms with van der Waals surface area (Å²) in [6, 6.07) is 2.02. The van der Waals surface area contributed by atoms with E-state index in [1.165, 1.54) is 0 Å². The van der Waals surface area contributed by atoms with Gasteiger partial charge in [0.25, 0.3) is 0 Å². The third-order valence-corrected chi connectivity index (χ3v) is 2.68. The van der Waals surface area contributed by atoms with Gasteiger partial charge in [0.15, 0.2) is 5.82 Å². The number of pyridine rings is 1. The molecule has 0 aromatic carbocycles. The second-order valence-corrected chi connectivity index (χ2v) is 4.65. The fraction of sp³-hybridized carbons (Fsp3) is 0.364. The molecule has 2 aromatic heterocycles. The fourth-order valence-electron chi connectivity index (χ4n) is 1.45. The van der Waals surface area contributed by atoms with E-state index >= 15 is 0 Å². The quantitative estimate of drug-likeness (QED) is 0.939. The summed E-state index contributed by atoms with van der Waals surface area (Å²) in [5.41, 5.74) is 1.10. The first-order valence-electron chi connectivity index (χ1n) is 5.30. The van der Waals surface area contributed by atoms with E-state index in [1.54, 1.807) is 13.1 Å². The van der Waals surface area contributed by atoms with Gasteiger partial charge in [-0.2, -0.15) is 4.98 Å². The summed E-state index contributed by atoms with van der Waals surface area (Å²) in [6.45, 7) is 4.54. The number of nitrogens with zero attached hydrogens (tertiary/aromatic N) is 3. The van der Waals surface area contributed by atoms with Crippen molar-refractivity contribution in [2.24, 2.45) is 0 Å². The minimum atomic E-state index is 0.643. The van der Waals surface area contributed by atoms with E-state index in [1.807, 2.05) is 13.0 Å². The molecule has 0 amide bonds. The molecule has 6 heteroatoms. The molecule has 2 rings (SSSR count). The Balaban J connectivity index is 1.90. The molecule has 1 N–H and O–H groups in total. The van der Waals surface area contributed by atoms with Crippen LogP contribution in [0.25, 0.3) is 0 Å². The molecule has 17 heavy (non-hydrogen) atoms. The molecule has 2 aromatic rings. The highest BCUT2D eigenvalue weighted by Crippen LogP contribution is 2.16. The van der Waals surface area contributed by atoms with E-state index < -0.39 is 0 Å². The highest BCUT2D eigenvalue weighted by atomic mass is 79.9. The van der Waals surface area contributed by atoms with Gasteiger partial charge >= 0.3 is 0 Å². The molecule has 0 aliphatic heterocycles. The van der Waals surface area contributed by atoms with Crippen molar-refractivity contribution in [3.8, 4) is 0 Å². The van der Waals surface area contributed by atoms with Crippen LogP contribution in [-0.2, 0) is 6.42 Å². The SMILES string of the molecule is Cc1noc(CCNc2ncc(Br)cc2C)n1. The number of rotatable bonds is 4. The molecular formula is C11H13BrN4O. The largest absolute Gasteiger partial charge is 0.369 e. The van der Waals surface area contributed by atoms with Crippen LogP contribution in [0.4, 0.5) is 5.82 Å². The van der Waals surface area contributed by atoms with Crippen LogP contribution in [0.2, 0.25) is 0 Å². The fourth-order valence-corrected chi connectivity index (χ4v) is 1.90. The zero-order valence-corrected chi connectivity index (χ0v) is 11.3. The number of hydrogen-bond donors (Lipinski definition) is 1. The standard InChI is InChI=1S/C11H13BrN4O/c1-7-5-9(12)6-14-11(7)13-4-3-10-15-8(2)16-17-10/h5-6H,3-4H2,1-2H3,(H,13,14). The minimum Gasteiger partial charge on any atom is -0.369 e. The summed E-state index contributed by atoms with van der Waals surface area (Å²) in [6.07, 6.45) is 2.46. The van der Waals surface area contributed by atoms with E-state index in [0.29, 0.717) is 18.1 Å². The Kier molecular flexibility index (Phi) is 3.73. The number of aryl methyl sites for hydroxylation is 2. The lowest BCUT2D eigenvalue weighted by Gasteiger charge is -2.06. The van der Waals surface area contributed by atoms with E-state index in [9.17, 15) is 0 Å². The lowest BCUT2D eigenvalue weighted by Crippen LogP contribution is -2.07. The van der Waals surface area contributed by atoms with Crippen molar-refractivity contribution in [2.45, 2.75) is 20.3 Å². The molecule has 0 aliphatic rings. The summed E-state index contributed by atoms with van der Waals surface area (Å²) in [4.78, 5) is 8.42. The lowest BCUT2D eigenvalue weighted by molar-refractivity contribution is 0.377. The Morgan fingerprint density at radius 1 is 1.41 bits per heavy atom. The Hall–Kier alpha value is -1.43. The Bertz CT molecular complexity index is 512. The van der Waals surface area contributed by atoms with Crippen molar-refractivity contribution in [3.05, 3.63) is 34.0 Å². The van der Waals surface area contributed by atoms with Gasteiger partial charge in [0.1, 0.15) is 5.82 Å². The minimum absolute atomic E-state index is 0.643. The van der Waals surface area contributed by atoms with Crippen molar-refractivity contribution in [2.75, 3.05) is 11.9 Å². The van der Waals surface area contributed by atoms with Gasteiger partial charge in [0, 0.05) is 23.6 Å². The topological polar surface area (TPSA) is 63.8 Å². The molecule has 0 unspecified atom stereocenters. The van der Waals surface area contributed by atoms with Crippen molar-refractivity contribution in [1.82, 2.24) is 15.1 Å². The van der Waals surface area contributed by atoms with Gasteiger partial charge in [-0.05, 0) is 41.4 Å². The summed E-state index contributed by atoms with van der Waals surface area (Å²) < 4.78 is 6.00. The van der Waals surface area contributed by atoms with Gasteiger partial charge in [-0.15, -0.1) is 0 Å². The van der Waals surface area contributed by atoms with Crippen LogP contribution in [0.15, 0.2) is 21.3 Å². The normalized spacial score (nSPS) is 10.5. The number of anilines is 1. The number of hydrogen-bond acceptors (Lipinski definition) is 5. The second-order valence-electron chi connectivity index (χ2n) is 3.73. The van der Waals surface area contributed by atoms with Crippen LogP contribution in [-0.4, -0.2) is 21.7 Å². The summed E-state index contributed by atoms with van der Waals surface area (Å²) >= 11 is 3.38. The first-order valence-corrected chi connectivity index (χ1v) is 6.09. The van der Waals surface area contributed by atoms with Crippen molar-refractivity contribution < 1.29 is 4.52 Å². The van der Waals surface area contributed by atoms with Crippen LogP contribution in [0, 0.1) is 13.8 Å². The predicted molar refractivity (Wildman–Crippen MR) is 67.9 cm³/mol. The number of nitrogens with one attached hydrogen (secondary N) is 1. The number of aromatic nitrogens is 3. The van der Waals surface area contributed by atoms with E-state index in [4.69, 9.17) is 4.52 Å². The average molecular weight is 297 g/mol. The first kappa shape index (κ1) is 12.0. The molecule has 0 fully saturated rings. The van der Waals surface area contributed by atoms with E-state index in [-0.39, 0.29) is 0 Å². The van der Waals surface area contributed by atoms with Gasteiger partial charge in [0.2, 0.25) is 5.89 Å². The maximum absolute atomic E-state index is 5.02. The summed E-state index contributed by atoms with van der Waals surface area (Å²) in [5.74, 6) is 2.19. The van der Waals surface area contributed by atoms with Crippen LogP contribution in [0.5, 0.6) is 0 Å². The van der Waals surface area contributed by atoms with Crippen molar-refractivity contribution >= 4 is 21.7 Å². The van der Waals surface area contributed by atoms with Gasteiger partial charge < -0.3 is 9.84 Å². The third kappa shape index (κ3) is 3.26. The summed E-state index contributed by atoms with van der Waals surface area (Å²) in [5, 5.41) is 6.97. The third-order valence-electron chi connectivity index (χ3n) is 2.25. The molecule has 0 spiro atoms. The van der Waals surface area contributed by atoms with E-state index in [2.05, 4.69) is 36.4 Å². The lowest BCUT2D eigenvalue weighted by atomic mass is 10.3. The molecule has 2 heterocycles. The highest BCUT2D eigenvalue weighted by molar-refractivity contribution is 9.10. The molecule has 0 saturated carbocycles. The Morgan fingerprint density at radius 2 is 2.24 bits per heavy atom. The van der Waals surface area contributed by atoms with Crippen LogP contribution in [0.3, 0.4) is 0 Å². The Morgan fingerprint density at radius 3 is 2.88 bits per heavy atom. The second kappa shape index (κ2) is 5.27. The van der Waals surface area contributed by atoms with Gasteiger partial charge in [-0.25, -0.2) is 4.98 Å². The van der Waals surface area contributed by atoms with Crippen LogP contribution in [0.1, 0.15) is 17.3 Å². The molecule has 0 saturated heterocycles. The van der Waals surface area contributed by atoms with Crippen LogP contribution >= 0.6 is 15.9 Å². The van der Waals surface area contributed by atoms with E-state index in [0.717, 1.165) is 22.4 Å². The monoisotopic (exact) mass is 296 g/mol. The molecule has 0 radical (unpaired) electrons. The van der Waals surface area contributed by atoms with Crippen molar-refractivity contribution in [1.29, 1.82) is 0 Å². The van der Waals surface area contributed by atoms with Crippen molar-refractivity contribution in [3.63, 3.8) is 0 Å². The molecule has 5 nitrogen and oxygen atoms in total.